The molecule has 1 saturated heterocycles. The van der Waals surface area contributed by atoms with E-state index in [0.29, 0.717) is 17.2 Å². The number of carbonyl (C=O) groups excluding carboxylic acids is 1. The number of aryl methyl sites for hydroxylation is 1. The lowest BCUT2D eigenvalue weighted by Gasteiger charge is -2.22. The van der Waals surface area contributed by atoms with Gasteiger partial charge in [0, 0.05) is 18.5 Å². The van der Waals surface area contributed by atoms with E-state index in [-0.39, 0.29) is 11.9 Å². The molecule has 3 nitrogen and oxygen atoms in total. The van der Waals surface area contributed by atoms with E-state index < -0.39 is 0 Å². The van der Waals surface area contributed by atoms with E-state index in [2.05, 4.69) is 0 Å². The van der Waals surface area contributed by atoms with Crippen LogP contribution in [0, 0.1) is 6.92 Å². The maximum Gasteiger partial charge on any atom is 0.257 e. The predicted molar refractivity (Wildman–Crippen MR) is 58.2 cm³/mol. The largest absolute Gasteiger partial charge is 0.469 e. The Hall–Kier alpha value is -0.960. The van der Waals surface area contributed by atoms with Crippen LogP contribution in [-0.4, -0.2) is 29.3 Å². The van der Waals surface area contributed by atoms with Gasteiger partial charge in [0.2, 0.25) is 0 Å². The molecular formula is C11H14ClNO2. The number of likely N-dealkylation sites (tertiary alicyclic amines) is 1. The van der Waals surface area contributed by atoms with Gasteiger partial charge >= 0.3 is 0 Å². The van der Waals surface area contributed by atoms with Crippen molar-refractivity contribution >= 4 is 17.5 Å². The van der Waals surface area contributed by atoms with Gasteiger partial charge in [0.25, 0.3) is 5.91 Å². The van der Waals surface area contributed by atoms with Crippen molar-refractivity contribution in [3.8, 4) is 0 Å². The van der Waals surface area contributed by atoms with Crippen molar-refractivity contribution < 1.29 is 9.21 Å². The summed E-state index contributed by atoms with van der Waals surface area (Å²) in [7, 11) is 0. The van der Waals surface area contributed by atoms with E-state index in [1.807, 2.05) is 4.90 Å². The molecule has 0 aliphatic carbocycles. The fourth-order valence-electron chi connectivity index (χ4n) is 2.03. The van der Waals surface area contributed by atoms with E-state index >= 15 is 0 Å². The monoisotopic (exact) mass is 227 g/mol. The van der Waals surface area contributed by atoms with Gasteiger partial charge in [0.1, 0.15) is 5.76 Å². The highest BCUT2D eigenvalue weighted by Gasteiger charge is 2.29. The lowest BCUT2D eigenvalue weighted by Crippen LogP contribution is -2.36. The summed E-state index contributed by atoms with van der Waals surface area (Å²) in [6.45, 7) is 2.61. The molecule has 0 saturated carbocycles. The summed E-state index contributed by atoms with van der Waals surface area (Å²) < 4.78 is 5.13. The Morgan fingerprint density at radius 1 is 1.73 bits per heavy atom. The van der Waals surface area contributed by atoms with E-state index in [1.165, 1.54) is 0 Å². The molecule has 1 aromatic heterocycles. The number of amides is 1. The molecule has 4 heteroatoms. The van der Waals surface area contributed by atoms with Crippen LogP contribution in [0.5, 0.6) is 0 Å². The highest BCUT2D eigenvalue weighted by molar-refractivity contribution is 6.18. The summed E-state index contributed by atoms with van der Waals surface area (Å²) in [4.78, 5) is 14.0. The van der Waals surface area contributed by atoms with Gasteiger partial charge in [-0.15, -0.1) is 11.6 Å². The Morgan fingerprint density at radius 2 is 2.53 bits per heavy atom. The minimum absolute atomic E-state index is 0.0457. The average Bonchev–Trinajstić information content (AvgIpc) is 2.84. The highest BCUT2D eigenvalue weighted by atomic mass is 35.5. The first-order chi connectivity index (χ1) is 7.24. The van der Waals surface area contributed by atoms with Gasteiger partial charge in [0.05, 0.1) is 11.8 Å². The highest BCUT2D eigenvalue weighted by Crippen LogP contribution is 2.22. The number of hydrogen-bond acceptors (Lipinski definition) is 2. The normalized spacial score (nSPS) is 20.9. The van der Waals surface area contributed by atoms with Gasteiger partial charge in [-0.1, -0.05) is 0 Å². The van der Waals surface area contributed by atoms with Crippen LogP contribution in [0.3, 0.4) is 0 Å². The molecule has 0 spiro atoms. The van der Waals surface area contributed by atoms with Crippen LogP contribution in [0.2, 0.25) is 0 Å². The smallest absolute Gasteiger partial charge is 0.257 e. The van der Waals surface area contributed by atoms with Crippen LogP contribution in [0.4, 0.5) is 0 Å². The van der Waals surface area contributed by atoms with E-state index in [9.17, 15) is 4.79 Å². The quantitative estimate of drug-likeness (QED) is 0.728. The van der Waals surface area contributed by atoms with Crippen molar-refractivity contribution in [1.29, 1.82) is 0 Å². The van der Waals surface area contributed by atoms with E-state index in [0.717, 1.165) is 19.4 Å². The first kappa shape index (κ1) is 10.6. The number of alkyl halides is 1. The second kappa shape index (κ2) is 4.27. The molecule has 15 heavy (non-hydrogen) atoms. The Balaban J connectivity index is 2.18. The zero-order chi connectivity index (χ0) is 10.8. The lowest BCUT2D eigenvalue weighted by atomic mass is 10.2. The molecule has 82 valence electrons. The van der Waals surface area contributed by atoms with Gasteiger partial charge in [0.15, 0.2) is 0 Å². The first-order valence-electron chi connectivity index (χ1n) is 5.15. The minimum atomic E-state index is 0.0457. The fraction of sp³-hybridized carbons (Fsp3) is 0.545. The molecule has 1 aliphatic rings. The van der Waals surface area contributed by atoms with E-state index in [1.54, 1.807) is 19.3 Å². The molecule has 1 atom stereocenters. The maximum absolute atomic E-state index is 12.1. The molecular weight excluding hydrogens is 214 g/mol. The molecule has 1 amide bonds. The van der Waals surface area contributed by atoms with Crippen molar-refractivity contribution in [2.75, 3.05) is 12.4 Å². The van der Waals surface area contributed by atoms with Crippen LogP contribution in [0.15, 0.2) is 16.7 Å². The van der Waals surface area contributed by atoms with Gasteiger partial charge in [-0.25, -0.2) is 0 Å². The Morgan fingerprint density at radius 3 is 3.13 bits per heavy atom. The van der Waals surface area contributed by atoms with Crippen LogP contribution in [0.25, 0.3) is 0 Å². The molecule has 2 rings (SSSR count). The molecule has 0 bridgehead atoms. The van der Waals surface area contributed by atoms with Crippen molar-refractivity contribution in [1.82, 2.24) is 4.90 Å². The first-order valence-corrected chi connectivity index (χ1v) is 5.68. The molecule has 1 aliphatic heterocycles. The Kier molecular flexibility index (Phi) is 3.00. The Labute approximate surface area is 94.0 Å². The van der Waals surface area contributed by atoms with Crippen LogP contribution >= 0.6 is 11.6 Å². The number of hydrogen-bond donors (Lipinski definition) is 0. The SMILES string of the molecule is Cc1occc1C(=O)N1CCCC1CCl. The minimum Gasteiger partial charge on any atom is -0.469 e. The standard InChI is InChI=1S/C11H14ClNO2/c1-8-10(4-6-15-8)11(14)13-5-2-3-9(13)7-12/h4,6,9H,2-3,5,7H2,1H3. The molecule has 2 heterocycles. The molecule has 1 unspecified atom stereocenters. The number of halogens is 1. The van der Waals surface area contributed by atoms with Crippen molar-refractivity contribution in [3.63, 3.8) is 0 Å². The molecule has 0 radical (unpaired) electrons. The van der Waals surface area contributed by atoms with Gasteiger partial charge in [-0.3, -0.25) is 4.79 Å². The summed E-state index contributed by atoms with van der Waals surface area (Å²) >= 11 is 5.83. The third-order valence-corrected chi connectivity index (χ3v) is 3.26. The number of furan rings is 1. The molecule has 1 fully saturated rings. The van der Waals surface area contributed by atoms with Gasteiger partial charge in [-0.05, 0) is 25.8 Å². The number of nitrogens with zero attached hydrogens (tertiary/aromatic N) is 1. The second-order valence-corrected chi connectivity index (χ2v) is 4.15. The number of carbonyl (C=O) groups is 1. The molecule has 0 aromatic carbocycles. The summed E-state index contributed by atoms with van der Waals surface area (Å²) in [5, 5.41) is 0. The summed E-state index contributed by atoms with van der Waals surface area (Å²) in [5.74, 6) is 1.24. The lowest BCUT2D eigenvalue weighted by molar-refractivity contribution is 0.0747. The van der Waals surface area contributed by atoms with Gasteiger partial charge in [-0.2, -0.15) is 0 Å². The summed E-state index contributed by atoms with van der Waals surface area (Å²) in [6, 6.07) is 1.91. The van der Waals surface area contributed by atoms with Crippen molar-refractivity contribution in [3.05, 3.63) is 23.7 Å². The Bertz CT molecular complexity index is 361. The molecule has 0 N–H and O–H groups in total. The van der Waals surface area contributed by atoms with Crippen LogP contribution in [0.1, 0.15) is 29.0 Å². The summed E-state index contributed by atoms with van der Waals surface area (Å²) in [6.07, 6.45) is 3.60. The summed E-state index contributed by atoms with van der Waals surface area (Å²) in [5.41, 5.74) is 0.659. The average molecular weight is 228 g/mol. The zero-order valence-electron chi connectivity index (χ0n) is 8.70. The van der Waals surface area contributed by atoms with Crippen molar-refractivity contribution in [2.24, 2.45) is 0 Å². The van der Waals surface area contributed by atoms with Crippen LogP contribution in [-0.2, 0) is 0 Å². The molecule has 1 aromatic rings. The van der Waals surface area contributed by atoms with Gasteiger partial charge < -0.3 is 9.32 Å². The maximum atomic E-state index is 12.1. The van der Waals surface area contributed by atoms with Crippen molar-refractivity contribution in [2.45, 2.75) is 25.8 Å². The third-order valence-electron chi connectivity index (χ3n) is 2.91. The topological polar surface area (TPSA) is 33.5 Å². The number of rotatable bonds is 2. The second-order valence-electron chi connectivity index (χ2n) is 3.84. The third kappa shape index (κ3) is 1.88. The zero-order valence-corrected chi connectivity index (χ0v) is 9.46. The van der Waals surface area contributed by atoms with E-state index in [4.69, 9.17) is 16.0 Å². The van der Waals surface area contributed by atoms with Crippen LogP contribution < -0.4 is 0 Å². The predicted octanol–water partition coefficient (Wildman–Crippen LogP) is 2.43. The fourth-order valence-corrected chi connectivity index (χ4v) is 2.35.